The Bertz CT molecular complexity index is 432. The zero-order valence-electron chi connectivity index (χ0n) is 11.4. The topological polar surface area (TPSA) is 81.2 Å². The van der Waals surface area contributed by atoms with Crippen molar-refractivity contribution in [3.63, 3.8) is 0 Å². The van der Waals surface area contributed by atoms with Gasteiger partial charge in [-0.1, -0.05) is 18.3 Å². The van der Waals surface area contributed by atoms with E-state index in [9.17, 15) is 9.59 Å². The highest BCUT2D eigenvalue weighted by atomic mass is 32.1. The number of nitrogens with one attached hydrogen (secondary N) is 1. The Morgan fingerprint density at radius 3 is 2.79 bits per heavy atom. The van der Waals surface area contributed by atoms with Crippen LogP contribution in [0.15, 0.2) is 0 Å². The quantitative estimate of drug-likeness (QED) is 0.609. The molecule has 0 radical (unpaired) electrons. The Hall–Kier alpha value is -1.50. The molecule has 0 aromatic carbocycles. The molecule has 1 rings (SSSR count). The highest BCUT2D eigenvalue weighted by molar-refractivity contribution is 7.08. The van der Waals surface area contributed by atoms with Gasteiger partial charge in [0.25, 0.3) is 5.91 Å². The third kappa shape index (κ3) is 4.94. The van der Waals surface area contributed by atoms with E-state index in [1.165, 1.54) is 0 Å². The lowest BCUT2D eigenvalue weighted by Gasteiger charge is -2.06. The van der Waals surface area contributed by atoms with Crippen LogP contribution in [0.25, 0.3) is 0 Å². The van der Waals surface area contributed by atoms with Gasteiger partial charge in [0.05, 0.1) is 12.3 Å². The van der Waals surface area contributed by atoms with E-state index >= 15 is 0 Å². The van der Waals surface area contributed by atoms with Crippen LogP contribution in [-0.2, 0) is 9.53 Å². The van der Waals surface area contributed by atoms with Crippen LogP contribution in [0.1, 0.15) is 54.9 Å². The SMILES string of the molecule is CCOC(=O)CCCNC(=O)c1snnc1C(C)C. The third-order valence-corrected chi connectivity index (χ3v) is 3.16. The lowest BCUT2D eigenvalue weighted by Crippen LogP contribution is -2.25. The van der Waals surface area contributed by atoms with E-state index in [1.807, 2.05) is 13.8 Å². The second-order valence-electron chi connectivity index (χ2n) is 4.31. The van der Waals surface area contributed by atoms with Crippen LogP contribution in [0.4, 0.5) is 0 Å². The molecule has 0 saturated carbocycles. The van der Waals surface area contributed by atoms with E-state index in [-0.39, 0.29) is 17.8 Å². The maximum Gasteiger partial charge on any atom is 0.305 e. The van der Waals surface area contributed by atoms with Gasteiger partial charge in [-0.3, -0.25) is 9.59 Å². The van der Waals surface area contributed by atoms with Gasteiger partial charge in [0.1, 0.15) is 4.88 Å². The Labute approximate surface area is 116 Å². The lowest BCUT2D eigenvalue weighted by atomic mass is 10.1. The van der Waals surface area contributed by atoms with Crippen LogP contribution in [0.3, 0.4) is 0 Å². The molecule has 0 spiro atoms. The standard InChI is InChI=1S/C12H19N3O3S/c1-4-18-9(16)6-5-7-13-12(17)11-10(8(2)3)14-15-19-11/h8H,4-7H2,1-3H3,(H,13,17). The monoisotopic (exact) mass is 285 g/mol. The summed E-state index contributed by atoms with van der Waals surface area (Å²) in [6.45, 7) is 6.52. The van der Waals surface area contributed by atoms with Crippen LogP contribution in [-0.4, -0.2) is 34.6 Å². The fraction of sp³-hybridized carbons (Fsp3) is 0.667. The van der Waals surface area contributed by atoms with Gasteiger partial charge < -0.3 is 10.1 Å². The number of ether oxygens (including phenoxy) is 1. The Kier molecular flexibility index (Phi) is 6.41. The summed E-state index contributed by atoms with van der Waals surface area (Å²) in [5.74, 6) is -0.249. The molecule has 1 aromatic heterocycles. The first-order chi connectivity index (χ1) is 9.06. The molecule has 0 aliphatic heterocycles. The second kappa shape index (κ2) is 7.83. The van der Waals surface area contributed by atoms with Crippen LogP contribution in [0.5, 0.6) is 0 Å². The van der Waals surface area contributed by atoms with Crippen molar-refractivity contribution >= 4 is 23.4 Å². The molecule has 0 bridgehead atoms. The van der Waals surface area contributed by atoms with E-state index in [0.717, 1.165) is 11.5 Å². The number of carbonyl (C=O) groups excluding carboxylic acids is 2. The van der Waals surface area contributed by atoms with Crippen LogP contribution in [0, 0.1) is 0 Å². The van der Waals surface area contributed by atoms with Crippen molar-refractivity contribution in [3.05, 3.63) is 10.6 Å². The molecule has 0 fully saturated rings. The van der Waals surface area contributed by atoms with Crippen molar-refractivity contribution in [3.8, 4) is 0 Å². The first-order valence-electron chi connectivity index (χ1n) is 6.32. The molecule has 0 saturated heterocycles. The summed E-state index contributed by atoms with van der Waals surface area (Å²) in [6.07, 6.45) is 0.875. The predicted molar refractivity (Wildman–Crippen MR) is 72.2 cm³/mol. The van der Waals surface area contributed by atoms with Crippen molar-refractivity contribution in [2.75, 3.05) is 13.2 Å². The van der Waals surface area contributed by atoms with E-state index in [4.69, 9.17) is 4.74 Å². The minimum atomic E-state index is -0.237. The molecule has 106 valence electrons. The molecule has 1 aromatic rings. The number of hydrogen-bond acceptors (Lipinski definition) is 6. The molecule has 7 heteroatoms. The number of aromatic nitrogens is 2. The van der Waals surface area contributed by atoms with E-state index in [1.54, 1.807) is 6.92 Å². The summed E-state index contributed by atoms with van der Waals surface area (Å²) in [6, 6.07) is 0. The van der Waals surface area contributed by atoms with E-state index < -0.39 is 0 Å². The normalized spacial score (nSPS) is 10.5. The zero-order chi connectivity index (χ0) is 14.3. The highest BCUT2D eigenvalue weighted by Gasteiger charge is 2.18. The number of rotatable bonds is 7. The number of esters is 1. The Morgan fingerprint density at radius 2 is 2.16 bits per heavy atom. The van der Waals surface area contributed by atoms with Gasteiger partial charge in [-0.05, 0) is 30.8 Å². The van der Waals surface area contributed by atoms with E-state index in [2.05, 4.69) is 14.9 Å². The fourth-order valence-corrected chi connectivity index (χ4v) is 2.22. The molecule has 1 N–H and O–H groups in total. The Balaban J connectivity index is 2.35. The van der Waals surface area contributed by atoms with Gasteiger partial charge in [0.15, 0.2) is 0 Å². The van der Waals surface area contributed by atoms with Crippen molar-refractivity contribution in [2.45, 2.75) is 39.5 Å². The number of carbonyl (C=O) groups is 2. The van der Waals surface area contributed by atoms with Crippen molar-refractivity contribution in [1.29, 1.82) is 0 Å². The molecule has 19 heavy (non-hydrogen) atoms. The van der Waals surface area contributed by atoms with Gasteiger partial charge in [-0.25, -0.2) is 0 Å². The van der Waals surface area contributed by atoms with Gasteiger partial charge in [-0.2, -0.15) is 0 Å². The third-order valence-electron chi connectivity index (χ3n) is 2.41. The minimum Gasteiger partial charge on any atom is -0.466 e. The predicted octanol–water partition coefficient (Wildman–Crippen LogP) is 1.73. The van der Waals surface area contributed by atoms with Gasteiger partial charge >= 0.3 is 5.97 Å². The summed E-state index contributed by atoms with van der Waals surface area (Å²) in [5.41, 5.74) is 0.716. The molecule has 0 unspecified atom stereocenters. The maximum atomic E-state index is 11.9. The van der Waals surface area contributed by atoms with E-state index in [0.29, 0.717) is 36.6 Å². The number of nitrogens with zero attached hydrogens (tertiary/aromatic N) is 2. The molecule has 1 amide bonds. The zero-order valence-corrected chi connectivity index (χ0v) is 12.2. The number of amides is 1. The van der Waals surface area contributed by atoms with Crippen LogP contribution < -0.4 is 5.32 Å². The van der Waals surface area contributed by atoms with Gasteiger partial charge in [0.2, 0.25) is 0 Å². The molecule has 0 atom stereocenters. The lowest BCUT2D eigenvalue weighted by molar-refractivity contribution is -0.143. The van der Waals surface area contributed by atoms with Crippen LogP contribution in [0.2, 0.25) is 0 Å². The summed E-state index contributed by atoms with van der Waals surface area (Å²) in [5, 5.41) is 6.71. The average Bonchev–Trinajstić information content (AvgIpc) is 2.84. The largest absolute Gasteiger partial charge is 0.466 e. The minimum absolute atomic E-state index is 0.166. The van der Waals surface area contributed by atoms with Crippen molar-refractivity contribution in [2.24, 2.45) is 0 Å². The van der Waals surface area contributed by atoms with Gasteiger partial charge in [-0.15, -0.1) is 5.10 Å². The molecular formula is C12H19N3O3S. The molecular weight excluding hydrogens is 266 g/mol. The average molecular weight is 285 g/mol. The van der Waals surface area contributed by atoms with Gasteiger partial charge in [0, 0.05) is 13.0 Å². The molecule has 0 aliphatic rings. The second-order valence-corrected chi connectivity index (χ2v) is 5.06. The smallest absolute Gasteiger partial charge is 0.305 e. The van der Waals surface area contributed by atoms with Crippen LogP contribution >= 0.6 is 11.5 Å². The number of hydrogen-bond donors (Lipinski definition) is 1. The first-order valence-corrected chi connectivity index (χ1v) is 7.09. The first kappa shape index (κ1) is 15.6. The summed E-state index contributed by atoms with van der Waals surface area (Å²) in [7, 11) is 0. The highest BCUT2D eigenvalue weighted by Crippen LogP contribution is 2.19. The summed E-state index contributed by atoms with van der Waals surface area (Å²) in [4.78, 5) is 23.6. The molecule has 0 aliphatic carbocycles. The summed E-state index contributed by atoms with van der Waals surface area (Å²) >= 11 is 1.09. The molecule has 1 heterocycles. The summed E-state index contributed by atoms with van der Waals surface area (Å²) < 4.78 is 8.60. The molecule has 6 nitrogen and oxygen atoms in total. The van der Waals surface area contributed by atoms with Crippen molar-refractivity contribution < 1.29 is 14.3 Å². The Morgan fingerprint density at radius 1 is 1.42 bits per heavy atom. The fourth-order valence-electron chi connectivity index (χ4n) is 1.48. The maximum absolute atomic E-state index is 11.9. The van der Waals surface area contributed by atoms with Crippen molar-refractivity contribution in [1.82, 2.24) is 14.9 Å².